The van der Waals surface area contributed by atoms with E-state index in [9.17, 15) is 9.18 Å². The monoisotopic (exact) mass is 468 g/mol. The summed E-state index contributed by atoms with van der Waals surface area (Å²) in [6, 6.07) is 17.6. The van der Waals surface area contributed by atoms with Gasteiger partial charge in [-0.05, 0) is 48.0 Å². The van der Waals surface area contributed by atoms with Gasteiger partial charge < -0.3 is 9.47 Å². The van der Waals surface area contributed by atoms with Gasteiger partial charge in [0.25, 0.3) is 0 Å². The molecule has 0 aliphatic carbocycles. The predicted molar refractivity (Wildman–Crippen MR) is 116 cm³/mol. The molecule has 1 aromatic heterocycles. The average Bonchev–Trinajstić information content (AvgIpc) is 3.11. The number of para-hydroxylation sites is 2. The van der Waals surface area contributed by atoms with E-state index in [1.54, 1.807) is 37.4 Å². The molecule has 0 saturated heterocycles. The molecule has 0 bridgehead atoms. The summed E-state index contributed by atoms with van der Waals surface area (Å²) in [6.45, 7) is 0. The van der Waals surface area contributed by atoms with Crippen LogP contribution in [0.3, 0.4) is 0 Å². The summed E-state index contributed by atoms with van der Waals surface area (Å²) in [7, 11) is 2.93. The first-order valence-corrected chi connectivity index (χ1v) is 9.98. The second-order valence-electron chi connectivity index (χ2n) is 6.64. The Balaban J connectivity index is 1.96. The molecular formula is C23H18BrFN2O3. The minimum absolute atomic E-state index is 0.263. The topological polar surface area (TPSA) is 53.3 Å². The Morgan fingerprint density at radius 2 is 1.90 bits per heavy atom. The van der Waals surface area contributed by atoms with Crippen molar-refractivity contribution in [1.82, 2.24) is 9.55 Å². The van der Waals surface area contributed by atoms with E-state index in [0.29, 0.717) is 38.2 Å². The third-order valence-corrected chi connectivity index (χ3v) is 5.33. The molecule has 0 unspecified atom stereocenters. The molecule has 4 aromatic rings. The second-order valence-corrected chi connectivity index (χ2v) is 7.56. The maximum atomic E-state index is 14.5. The predicted octanol–water partition coefficient (Wildman–Crippen LogP) is 5.31. The zero-order chi connectivity index (χ0) is 21.3. The summed E-state index contributed by atoms with van der Waals surface area (Å²) in [6.07, 6.45) is 0.263. The minimum atomic E-state index is -0.440. The number of fused-ring (bicyclic) bond motifs is 1. The van der Waals surface area contributed by atoms with Crippen LogP contribution >= 0.6 is 15.9 Å². The van der Waals surface area contributed by atoms with Crippen LogP contribution in [-0.4, -0.2) is 29.7 Å². The van der Waals surface area contributed by atoms with E-state index in [2.05, 4.69) is 15.9 Å². The number of nitrogens with zero attached hydrogens (tertiary/aromatic N) is 2. The van der Waals surface area contributed by atoms with Gasteiger partial charge in [-0.15, -0.1) is 0 Å². The van der Waals surface area contributed by atoms with Crippen LogP contribution in [0.4, 0.5) is 4.39 Å². The molecule has 1 heterocycles. The zero-order valence-electron chi connectivity index (χ0n) is 16.4. The quantitative estimate of drug-likeness (QED) is 0.372. The molecule has 0 spiro atoms. The van der Waals surface area contributed by atoms with E-state index in [0.717, 1.165) is 5.69 Å². The lowest BCUT2D eigenvalue weighted by Crippen LogP contribution is -2.06. The highest BCUT2D eigenvalue weighted by Gasteiger charge is 2.19. The molecule has 0 aliphatic heterocycles. The molecule has 152 valence electrons. The number of aromatic nitrogens is 2. The van der Waals surface area contributed by atoms with Crippen molar-refractivity contribution in [2.24, 2.45) is 0 Å². The molecule has 0 atom stereocenters. The van der Waals surface area contributed by atoms with E-state index < -0.39 is 5.97 Å². The van der Waals surface area contributed by atoms with E-state index >= 15 is 0 Å². The van der Waals surface area contributed by atoms with Crippen molar-refractivity contribution in [3.63, 3.8) is 0 Å². The highest BCUT2D eigenvalue weighted by molar-refractivity contribution is 9.10. The Morgan fingerprint density at radius 1 is 1.10 bits per heavy atom. The molecule has 0 amide bonds. The Labute approximate surface area is 181 Å². The number of ether oxygens (including phenoxy) is 2. The number of hydrogen-bond acceptors (Lipinski definition) is 4. The third kappa shape index (κ3) is 3.68. The van der Waals surface area contributed by atoms with Gasteiger partial charge in [0, 0.05) is 10.9 Å². The van der Waals surface area contributed by atoms with Gasteiger partial charge in [0.05, 0.1) is 36.5 Å². The van der Waals surface area contributed by atoms with Gasteiger partial charge >= 0.3 is 5.97 Å². The van der Waals surface area contributed by atoms with Crippen molar-refractivity contribution < 1.29 is 18.7 Å². The minimum Gasteiger partial charge on any atom is -0.495 e. The maximum Gasteiger partial charge on any atom is 0.337 e. The number of carbonyl (C=O) groups excluding carboxylic acids is 1. The number of imidazole rings is 1. The molecule has 7 heteroatoms. The van der Waals surface area contributed by atoms with Crippen molar-refractivity contribution in [1.29, 1.82) is 0 Å². The van der Waals surface area contributed by atoms with Gasteiger partial charge in [0.15, 0.2) is 0 Å². The molecule has 0 radical (unpaired) electrons. The first-order chi connectivity index (χ1) is 14.5. The van der Waals surface area contributed by atoms with Crippen LogP contribution < -0.4 is 4.74 Å². The molecule has 5 nitrogen and oxygen atoms in total. The first-order valence-electron chi connectivity index (χ1n) is 9.19. The summed E-state index contributed by atoms with van der Waals surface area (Å²) in [5, 5.41) is 0. The Morgan fingerprint density at radius 3 is 2.63 bits per heavy atom. The number of esters is 1. The summed E-state index contributed by atoms with van der Waals surface area (Å²) in [5.41, 5.74) is 3.05. The number of halogens is 2. The smallest absolute Gasteiger partial charge is 0.337 e. The Kier molecular flexibility index (Phi) is 5.55. The van der Waals surface area contributed by atoms with Gasteiger partial charge in [-0.25, -0.2) is 14.2 Å². The zero-order valence-corrected chi connectivity index (χ0v) is 17.9. The number of carbonyl (C=O) groups is 1. The third-order valence-electron chi connectivity index (χ3n) is 4.83. The number of hydrogen-bond donors (Lipinski definition) is 0. The Bertz CT molecular complexity index is 1250. The average molecular weight is 469 g/mol. The lowest BCUT2D eigenvalue weighted by Gasteiger charge is -2.14. The Hall–Kier alpha value is -3.19. The highest BCUT2D eigenvalue weighted by atomic mass is 79.9. The van der Waals surface area contributed by atoms with Gasteiger partial charge in [-0.3, -0.25) is 4.57 Å². The summed E-state index contributed by atoms with van der Waals surface area (Å²) in [5.74, 6) is 0.499. The fourth-order valence-electron chi connectivity index (χ4n) is 3.41. The molecule has 4 rings (SSSR count). The van der Waals surface area contributed by atoms with Gasteiger partial charge in [-0.1, -0.05) is 34.1 Å². The highest BCUT2D eigenvalue weighted by Crippen LogP contribution is 2.30. The van der Waals surface area contributed by atoms with Crippen LogP contribution in [0.25, 0.3) is 16.7 Å². The van der Waals surface area contributed by atoms with Gasteiger partial charge in [0.1, 0.15) is 17.4 Å². The van der Waals surface area contributed by atoms with Crippen LogP contribution in [0, 0.1) is 5.82 Å². The van der Waals surface area contributed by atoms with Crippen LogP contribution in [0.5, 0.6) is 5.75 Å². The summed E-state index contributed by atoms with van der Waals surface area (Å²) in [4.78, 5) is 16.8. The number of methoxy groups -OCH3 is 2. The molecular weight excluding hydrogens is 451 g/mol. The lowest BCUT2D eigenvalue weighted by molar-refractivity contribution is 0.0601. The SMILES string of the molecule is COC(=O)c1ccc2nc(Cc3ccc(Br)cc3F)n(-c3ccccc3OC)c2c1. The standard InChI is InChI=1S/C23H18BrFN2O3/c1-29-21-6-4-3-5-19(21)27-20-11-15(23(28)30-2)8-10-18(20)26-22(27)12-14-7-9-16(24)13-17(14)25/h3-11,13H,12H2,1-2H3. The number of benzene rings is 3. The molecule has 0 N–H and O–H groups in total. The fourth-order valence-corrected chi connectivity index (χ4v) is 3.74. The molecule has 0 fully saturated rings. The molecule has 3 aromatic carbocycles. The lowest BCUT2D eigenvalue weighted by atomic mass is 10.1. The fraction of sp³-hybridized carbons (Fsp3) is 0.130. The summed E-state index contributed by atoms with van der Waals surface area (Å²) >= 11 is 3.29. The normalized spacial score (nSPS) is 10.9. The first kappa shape index (κ1) is 20.1. The van der Waals surface area contributed by atoms with E-state index in [1.807, 2.05) is 28.8 Å². The van der Waals surface area contributed by atoms with E-state index in [4.69, 9.17) is 14.5 Å². The van der Waals surface area contributed by atoms with E-state index in [1.165, 1.54) is 13.2 Å². The van der Waals surface area contributed by atoms with Crippen LogP contribution in [0.2, 0.25) is 0 Å². The largest absolute Gasteiger partial charge is 0.495 e. The molecule has 30 heavy (non-hydrogen) atoms. The second kappa shape index (κ2) is 8.28. The van der Waals surface area contributed by atoms with Crippen molar-refractivity contribution >= 4 is 32.9 Å². The maximum absolute atomic E-state index is 14.5. The van der Waals surface area contributed by atoms with Crippen LogP contribution in [-0.2, 0) is 11.2 Å². The van der Waals surface area contributed by atoms with Crippen LogP contribution in [0.15, 0.2) is 65.1 Å². The van der Waals surface area contributed by atoms with Crippen molar-refractivity contribution in [3.8, 4) is 11.4 Å². The summed E-state index contributed by atoms with van der Waals surface area (Å²) < 4.78 is 27.5. The van der Waals surface area contributed by atoms with Crippen LogP contribution in [0.1, 0.15) is 21.7 Å². The van der Waals surface area contributed by atoms with E-state index in [-0.39, 0.29) is 12.2 Å². The number of rotatable bonds is 5. The van der Waals surface area contributed by atoms with Crippen molar-refractivity contribution in [3.05, 3.63) is 87.9 Å². The molecule has 0 aliphatic rings. The van der Waals surface area contributed by atoms with Crippen molar-refractivity contribution in [2.75, 3.05) is 14.2 Å². The van der Waals surface area contributed by atoms with Crippen molar-refractivity contribution in [2.45, 2.75) is 6.42 Å². The van der Waals surface area contributed by atoms with Gasteiger partial charge in [0.2, 0.25) is 0 Å². The molecule has 0 saturated carbocycles. The van der Waals surface area contributed by atoms with Gasteiger partial charge in [-0.2, -0.15) is 0 Å².